The third kappa shape index (κ3) is 11.8. The van der Waals surface area contributed by atoms with Crippen molar-refractivity contribution in [2.75, 3.05) is 6.61 Å². The zero-order valence-electron chi connectivity index (χ0n) is 14.6. The summed E-state index contributed by atoms with van der Waals surface area (Å²) in [6.45, 7) is 19.3. The van der Waals surface area contributed by atoms with Gasteiger partial charge in [-0.15, -0.1) is 0 Å². The fraction of sp³-hybridized carbons (Fsp3) is 0.923. The SMILES string of the molecule is C[Si](C)(C)OCCC(O[Si](C)(C)C)C(=O)O[Si](C)(C)C. The maximum absolute atomic E-state index is 12.3. The Balaban J connectivity index is 4.61. The molecule has 0 N–H and O–H groups in total. The largest absolute Gasteiger partial charge is 0.518 e. The molecule has 120 valence electrons. The maximum atomic E-state index is 12.3. The van der Waals surface area contributed by atoms with Crippen molar-refractivity contribution >= 4 is 30.9 Å². The molecule has 0 spiro atoms. The molecule has 1 unspecified atom stereocenters. The molecule has 0 saturated carbocycles. The Morgan fingerprint density at radius 3 is 1.70 bits per heavy atom. The lowest BCUT2D eigenvalue weighted by Gasteiger charge is -2.29. The van der Waals surface area contributed by atoms with E-state index in [-0.39, 0.29) is 5.97 Å². The van der Waals surface area contributed by atoms with Crippen molar-refractivity contribution in [3.05, 3.63) is 0 Å². The Hall–Kier alpha value is 0.0406. The third-order valence-electron chi connectivity index (χ3n) is 2.08. The number of carbonyl (C=O) groups is 1. The lowest BCUT2D eigenvalue weighted by atomic mass is 10.3. The molecular weight excluding hydrogens is 304 g/mol. The van der Waals surface area contributed by atoms with Gasteiger partial charge in [-0.05, 0) is 58.9 Å². The van der Waals surface area contributed by atoms with E-state index in [0.717, 1.165) is 0 Å². The Labute approximate surface area is 127 Å². The zero-order valence-corrected chi connectivity index (χ0v) is 17.6. The standard InChI is InChI=1S/C13H32O4Si3/c1-18(2,3)15-11-10-12(16-19(4,5)6)13(14)17-20(7,8)9/h12H,10-11H2,1-9H3. The number of rotatable bonds is 8. The van der Waals surface area contributed by atoms with Crippen LogP contribution in [0.25, 0.3) is 0 Å². The van der Waals surface area contributed by atoms with Gasteiger partial charge in [0.15, 0.2) is 16.6 Å². The first-order valence-electron chi connectivity index (χ1n) is 7.24. The van der Waals surface area contributed by atoms with Crippen molar-refractivity contribution in [1.82, 2.24) is 0 Å². The minimum Gasteiger partial charge on any atom is -0.518 e. The molecule has 0 saturated heterocycles. The van der Waals surface area contributed by atoms with Crippen molar-refractivity contribution < 1.29 is 18.1 Å². The first kappa shape index (κ1) is 20.0. The van der Waals surface area contributed by atoms with E-state index in [2.05, 4.69) is 39.3 Å². The predicted molar refractivity (Wildman–Crippen MR) is 91.6 cm³/mol. The van der Waals surface area contributed by atoms with Gasteiger partial charge in [-0.1, -0.05) is 0 Å². The van der Waals surface area contributed by atoms with Gasteiger partial charge in [0.05, 0.1) is 0 Å². The lowest BCUT2D eigenvalue weighted by molar-refractivity contribution is -0.144. The Morgan fingerprint density at radius 2 is 1.35 bits per heavy atom. The highest BCUT2D eigenvalue weighted by Crippen LogP contribution is 2.15. The van der Waals surface area contributed by atoms with Gasteiger partial charge in [0.1, 0.15) is 6.10 Å². The summed E-state index contributed by atoms with van der Waals surface area (Å²) in [5.41, 5.74) is 0. The summed E-state index contributed by atoms with van der Waals surface area (Å²) in [6, 6.07) is 0. The highest BCUT2D eigenvalue weighted by Gasteiger charge is 2.31. The lowest BCUT2D eigenvalue weighted by Crippen LogP contribution is -2.42. The molecule has 20 heavy (non-hydrogen) atoms. The average Bonchev–Trinajstić information content (AvgIpc) is 2.09. The smallest absolute Gasteiger partial charge is 0.320 e. The average molecular weight is 337 g/mol. The molecule has 0 amide bonds. The highest BCUT2D eigenvalue weighted by atomic mass is 28.4. The van der Waals surface area contributed by atoms with Crippen LogP contribution in [0.2, 0.25) is 58.9 Å². The number of hydrogen-bond donors (Lipinski definition) is 0. The monoisotopic (exact) mass is 336 g/mol. The fourth-order valence-corrected chi connectivity index (χ4v) is 4.02. The first-order valence-corrected chi connectivity index (χ1v) is 17.5. The molecule has 0 aliphatic carbocycles. The topological polar surface area (TPSA) is 44.8 Å². The van der Waals surface area contributed by atoms with Crippen molar-refractivity contribution in [2.45, 2.75) is 71.4 Å². The molecule has 0 fully saturated rings. The molecule has 4 nitrogen and oxygen atoms in total. The Morgan fingerprint density at radius 1 is 0.850 bits per heavy atom. The molecule has 0 aromatic heterocycles. The van der Waals surface area contributed by atoms with Crippen LogP contribution in [0.5, 0.6) is 0 Å². The van der Waals surface area contributed by atoms with Crippen molar-refractivity contribution in [2.24, 2.45) is 0 Å². The van der Waals surface area contributed by atoms with Crippen LogP contribution in [0.1, 0.15) is 6.42 Å². The van der Waals surface area contributed by atoms with E-state index in [4.69, 9.17) is 13.3 Å². The molecule has 0 bridgehead atoms. The molecule has 0 aromatic carbocycles. The summed E-state index contributed by atoms with van der Waals surface area (Å²) >= 11 is 0. The highest BCUT2D eigenvalue weighted by molar-refractivity contribution is 6.71. The predicted octanol–water partition coefficient (Wildman–Crippen LogP) is 3.83. The molecule has 0 aromatic rings. The zero-order chi connectivity index (χ0) is 16.2. The summed E-state index contributed by atoms with van der Waals surface area (Å²) in [6.07, 6.45) is 0.0995. The van der Waals surface area contributed by atoms with E-state index in [1.165, 1.54) is 0 Å². The van der Waals surface area contributed by atoms with Crippen LogP contribution in [0.4, 0.5) is 0 Å². The molecule has 0 rings (SSSR count). The van der Waals surface area contributed by atoms with Gasteiger partial charge >= 0.3 is 5.97 Å². The van der Waals surface area contributed by atoms with Crippen LogP contribution >= 0.6 is 0 Å². The minimum absolute atomic E-state index is 0.217. The number of hydrogen-bond acceptors (Lipinski definition) is 4. The van der Waals surface area contributed by atoms with Crippen LogP contribution < -0.4 is 0 Å². The maximum Gasteiger partial charge on any atom is 0.320 e. The van der Waals surface area contributed by atoms with Gasteiger partial charge in [-0.2, -0.15) is 0 Å². The van der Waals surface area contributed by atoms with Gasteiger partial charge in [-0.3, -0.25) is 4.79 Å². The van der Waals surface area contributed by atoms with Crippen molar-refractivity contribution in [1.29, 1.82) is 0 Å². The third-order valence-corrected chi connectivity index (χ3v) is 4.96. The summed E-state index contributed by atoms with van der Waals surface area (Å²) in [7, 11) is -5.22. The van der Waals surface area contributed by atoms with E-state index < -0.39 is 31.1 Å². The van der Waals surface area contributed by atoms with Gasteiger partial charge < -0.3 is 13.3 Å². The van der Waals surface area contributed by atoms with E-state index in [1.54, 1.807) is 0 Å². The van der Waals surface area contributed by atoms with E-state index >= 15 is 0 Å². The van der Waals surface area contributed by atoms with Crippen LogP contribution in [-0.2, 0) is 18.1 Å². The van der Waals surface area contributed by atoms with Gasteiger partial charge in [-0.25, -0.2) is 0 Å². The molecule has 0 heterocycles. The Kier molecular flexibility index (Phi) is 7.36. The van der Waals surface area contributed by atoms with Crippen LogP contribution in [0.3, 0.4) is 0 Å². The molecular formula is C13H32O4Si3. The second-order valence-electron chi connectivity index (χ2n) is 8.00. The van der Waals surface area contributed by atoms with E-state index in [1.807, 2.05) is 19.6 Å². The van der Waals surface area contributed by atoms with Crippen LogP contribution in [0.15, 0.2) is 0 Å². The summed E-state index contributed by atoms with van der Waals surface area (Å²) < 4.78 is 17.4. The van der Waals surface area contributed by atoms with Gasteiger partial charge in [0.25, 0.3) is 0 Å². The molecule has 1 atom stereocenters. The molecule has 0 aliphatic heterocycles. The van der Waals surface area contributed by atoms with E-state index in [0.29, 0.717) is 13.0 Å². The van der Waals surface area contributed by atoms with Crippen LogP contribution in [-0.4, -0.2) is 43.6 Å². The molecule has 0 aliphatic rings. The Bertz CT molecular complexity index is 313. The molecule has 7 heteroatoms. The van der Waals surface area contributed by atoms with Crippen molar-refractivity contribution in [3.8, 4) is 0 Å². The fourth-order valence-electron chi connectivity index (χ4n) is 1.49. The van der Waals surface area contributed by atoms with Crippen LogP contribution in [0, 0.1) is 0 Å². The van der Waals surface area contributed by atoms with E-state index in [9.17, 15) is 4.79 Å². The normalized spacial score (nSPS) is 15.1. The minimum atomic E-state index is -1.88. The second-order valence-corrected chi connectivity index (χ2v) is 21.4. The van der Waals surface area contributed by atoms with Gasteiger partial charge in [0.2, 0.25) is 8.32 Å². The van der Waals surface area contributed by atoms with Gasteiger partial charge in [0, 0.05) is 13.0 Å². The first-order chi connectivity index (χ1) is 8.70. The summed E-state index contributed by atoms with van der Waals surface area (Å²) in [5.74, 6) is -0.217. The summed E-state index contributed by atoms with van der Waals surface area (Å²) in [4.78, 5) is 12.3. The quantitative estimate of drug-likeness (QED) is 0.632. The van der Waals surface area contributed by atoms with Crippen molar-refractivity contribution in [3.63, 3.8) is 0 Å². The second kappa shape index (κ2) is 7.35. The summed E-state index contributed by atoms with van der Waals surface area (Å²) in [5, 5.41) is 0. The number of carbonyl (C=O) groups excluding carboxylic acids is 1. The molecule has 0 radical (unpaired) electrons.